The van der Waals surface area contributed by atoms with Crippen molar-refractivity contribution in [1.82, 2.24) is 16.0 Å². The second-order valence-corrected chi connectivity index (χ2v) is 4.98. The van der Waals surface area contributed by atoms with Gasteiger partial charge in [0.15, 0.2) is 6.61 Å². The number of hydrogen-bond acceptors (Lipinski definition) is 4. The molecule has 1 aromatic rings. The van der Waals surface area contributed by atoms with E-state index in [0.717, 1.165) is 19.4 Å². The summed E-state index contributed by atoms with van der Waals surface area (Å²) >= 11 is 0. The van der Waals surface area contributed by atoms with Crippen molar-refractivity contribution < 1.29 is 14.3 Å². The maximum atomic E-state index is 11.6. The fraction of sp³-hybridized carbons (Fsp3) is 0.467. The summed E-state index contributed by atoms with van der Waals surface area (Å²) < 4.78 is 5.29. The second kappa shape index (κ2) is 10.0. The highest BCUT2D eigenvalue weighted by Crippen LogP contribution is 2.07. The van der Waals surface area contributed by atoms with Crippen molar-refractivity contribution in [2.24, 2.45) is 0 Å². The third-order valence-electron chi connectivity index (χ3n) is 3.27. The van der Waals surface area contributed by atoms with Gasteiger partial charge >= 0.3 is 0 Å². The normalized spacial score (nSPS) is 16.5. The molecule has 1 aliphatic rings. The molecule has 1 heterocycles. The minimum Gasteiger partial charge on any atom is -0.484 e. The average Bonchev–Trinajstić information content (AvgIpc) is 3.03. The molecule has 0 saturated carbocycles. The average molecular weight is 328 g/mol. The Labute approximate surface area is 136 Å². The highest BCUT2D eigenvalue weighted by atomic mass is 35.5. The first-order valence-corrected chi connectivity index (χ1v) is 7.18. The van der Waals surface area contributed by atoms with Gasteiger partial charge in [-0.15, -0.1) is 12.4 Å². The Morgan fingerprint density at radius 3 is 2.64 bits per heavy atom. The van der Waals surface area contributed by atoms with Gasteiger partial charge in [-0.25, -0.2) is 0 Å². The molecule has 0 radical (unpaired) electrons. The van der Waals surface area contributed by atoms with Crippen LogP contribution in [0.5, 0.6) is 5.75 Å². The van der Waals surface area contributed by atoms with Gasteiger partial charge < -0.3 is 20.7 Å². The molecule has 1 unspecified atom stereocenters. The molecule has 3 N–H and O–H groups in total. The zero-order valence-electron chi connectivity index (χ0n) is 12.3. The van der Waals surface area contributed by atoms with E-state index in [-0.39, 0.29) is 37.4 Å². The van der Waals surface area contributed by atoms with Crippen LogP contribution in [-0.4, -0.2) is 44.1 Å². The molecule has 1 saturated heterocycles. The van der Waals surface area contributed by atoms with Crippen LogP contribution in [0.15, 0.2) is 30.3 Å². The van der Waals surface area contributed by atoms with E-state index in [1.807, 2.05) is 18.2 Å². The summed E-state index contributed by atoms with van der Waals surface area (Å²) in [6.07, 6.45) is 2.23. The van der Waals surface area contributed by atoms with E-state index in [4.69, 9.17) is 4.74 Å². The number of halogens is 1. The Morgan fingerprint density at radius 1 is 1.18 bits per heavy atom. The van der Waals surface area contributed by atoms with Crippen LogP contribution < -0.4 is 20.7 Å². The van der Waals surface area contributed by atoms with Gasteiger partial charge in [-0.3, -0.25) is 9.59 Å². The van der Waals surface area contributed by atoms with Crippen LogP contribution >= 0.6 is 12.4 Å². The summed E-state index contributed by atoms with van der Waals surface area (Å²) in [5.74, 6) is 0.133. The van der Waals surface area contributed by atoms with Gasteiger partial charge in [-0.05, 0) is 31.5 Å². The third-order valence-corrected chi connectivity index (χ3v) is 3.27. The highest BCUT2D eigenvalue weighted by molar-refractivity contribution is 5.85. The van der Waals surface area contributed by atoms with Crippen molar-refractivity contribution in [2.45, 2.75) is 18.9 Å². The first-order valence-electron chi connectivity index (χ1n) is 7.18. The zero-order chi connectivity index (χ0) is 14.9. The van der Waals surface area contributed by atoms with E-state index in [1.54, 1.807) is 12.1 Å². The lowest BCUT2D eigenvalue weighted by Gasteiger charge is -2.12. The van der Waals surface area contributed by atoms with E-state index in [9.17, 15) is 9.59 Å². The third kappa shape index (κ3) is 6.78. The van der Waals surface area contributed by atoms with Crippen LogP contribution in [0, 0.1) is 0 Å². The van der Waals surface area contributed by atoms with Crippen LogP contribution in [-0.2, 0) is 9.59 Å². The summed E-state index contributed by atoms with van der Waals surface area (Å²) in [5, 5.41) is 8.62. The first-order chi connectivity index (χ1) is 10.2. The molecule has 0 bridgehead atoms. The van der Waals surface area contributed by atoms with E-state index >= 15 is 0 Å². The van der Waals surface area contributed by atoms with Gasteiger partial charge in [-0.1, -0.05) is 18.2 Å². The molecule has 6 nitrogen and oxygen atoms in total. The molecule has 7 heteroatoms. The lowest BCUT2D eigenvalue weighted by atomic mass is 10.2. The SMILES string of the molecule is Cl.O=C(CNC(=O)COc1ccccc1)NCC1CCCN1. The number of rotatable bonds is 7. The molecule has 1 aromatic carbocycles. The molecule has 0 aromatic heterocycles. The van der Waals surface area contributed by atoms with Gasteiger partial charge in [0.2, 0.25) is 5.91 Å². The highest BCUT2D eigenvalue weighted by Gasteiger charge is 2.14. The van der Waals surface area contributed by atoms with E-state index in [1.165, 1.54) is 0 Å². The molecule has 1 fully saturated rings. The molecular weight excluding hydrogens is 306 g/mol. The largest absolute Gasteiger partial charge is 0.484 e. The molecule has 1 aliphatic heterocycles. The smallest absolute Gasteiger partial charge is 0.258 e. The first kappa shape index (κ1) is 18.3. The number of nitrogens with one attached hydrogen (secondary N) is 3. The number of carbonyl (C=O) groups is 2. The van der Waals surface area contributed by atoms with Gasteiger partial charge in [0.05, 0.1) is 6.54 Å². The lowest BCUT2D eigenvalue weighted by Crippen LogP contribution is -2.43. The van der Waals surface area contributed by atoms with Crippen molar-refractivity contribution in [3.8, 4) is 5.75 Å². The van der Waals surface area contributed by atoms with E-state index in [2.05, 4.69) is 16.0 Å². The topological polar surface area (TPSA) is 79.5 Å². The molecule has 22 heavy (non-hydrogen) atoms. The van der Waals surface area contributed by atoms with E-state index < -0.39 is 0 Å². The predicted octanol–water partition coefficient (Wildman–Crippen LogP) is 0.472. The van der Waals surface area contributed by atoms with Crippen LogP contribution in [0.1, 0.15) is 12.8 Å². The maximum absolute atomic E-state index is 11.6. The fourth-order valence-electron chi connectivity index (χ4n) is 2.13. The summed E-state index contributed by atoms with van der Waals surface area (Å²) in [7, 11) is 0. The van der Waals surface area contributed by atoms with Gasteiger partial charge in [0.25, 0.3) is 5.91 Å². The van der Waals surface area contributed by atoms with Crippen molar-refractivity contribution in [3.63, 3.8) is 0 Å². The van der Waals surface area contributed by atoms with E-state index in [0.29, 0.717) is 18.3 Å². The predicted molar refractivity (Wildman–Crippen MR) is 86.2 cm³/mol. The van der Waals surface area contributed by atoms with Crippen molar-refractivity contribution in [1.29, 1.82) is 0 Å². The Bertz CT molecular complexity index is 464. The Hall–Kier alpha value is -1.79. The van der Waals surface area contributed by atoms with Crippen molar-refractivity contribution in [3.05, 3.63) is 30.3 Å². The minimum absolute atomic E-state index is 0. The van der Waals surface area contributed by atoms with Crippen molar-refractivity contribution >= 4 is 24.2 Å². The Kier molecular flexibility index (Phi) is 8.32. The monoisotopic (exact) mass is 327 g/mol. The molecule has 122 valence electrons. The van der Waals surface area contributed by atoms with Crippen LogP contribution in [0.3, 0.4) is 0 Å². The standard InChI is InChI=1S/C15H21N3O3.ClH/c19-14(17-9-12-5-4-8-16-12)10-18-15(20)11-21-13-6-2-1-3-7-13;/h1-3,6-7,12,16H,4-5,8-11H2,(H,17,19)(H,18,20);1H. The number of amides is 2. The summed E-state index contributed by atoms with van der Waals surface area (Å²) in [4.78, 5) is 23.1. The number of hydrogen-bond donors (Lipinski definition) is 3. The Morgan fingerprint density at radius 2 is 1.95 bits per heavy atom. The molecule has 1 atom stereocenters. The quantitative estimate of drug-likeness (QED) is 0.680. The molecular formula is C15H22ClN3O3. The van der Waals surface area contributed by atoms with Crippen LogP contribution in [0.25, 0.3) is 0 Å². The van der Waals surface area contributed by atoms with Gasteiger partial charge in [0.1, 0.15) is 5.75 Å². The fourth-order valence-corrected chi connectivity index (χ4v) is 2.13. The molecule has 0 aliphatic carbocycles. The zero-order valence-corrected chi connectivity index (χ0v) is 13.2. The molecule has 2 amide bonds. The molecule has 2 rings (SSSR count). The summed E-state index contributed by atoms with van der Waals surface area (Å²) in [6, 6.07) is 9.43. The summed E-state index contributed by atoms with van der Waals surface area (Å²) in [6.45, 7) is 1.49. The van der Waals surface area contributed by atoms with Gasteiger partial charge in [-0.2, -0.15) is 0 Å². The summed E-state index contributed by atoms with van der Waals surface area (Å²) in [5.41, 5.74) is 0. The maximum Gasteiger partial charge on any atom is 0.258 e. The lowest BCUT2D eigenvalue weighted by molar-refractivity contribution is -0.127. The van der Waals surface area contributed by atoms with Crippen molar-refractivity contribution in [2.75, 3.05) is 26.2 Å². The molecule has 0 spiro atoms. The van der Waals surface area contributed by atoms with Crippen LogP contribution in [0.4, 0.5) is 0 Å². The number of para-hydroxylation sites is 1. The number of ether oxygens (including phenoxy) is 1. The number of carbonyl (C=O) groups excluding carboxylic acids is 2. The van der Waals surface area contributed by atoms with Gasteiger partial charge in [0, 0.05) is 12.6 Å². The van der Waals surface area contributed by atoms with Crippen LogP contribution in [0.2, 0.25) is 0 Å². The second-order valence-electron chi connectivity index (χ2n) is 4.98. The Balaban J connectivity index is 0.00000242. The number of benzene rings is 1. The minimum atomic E-state index is -0.312.